The Bertz CT molecular complexity index is 1180. The van der Waals surface area contributed by atoms with E-state index in [4.69, 9.17) is 4.42 Å². The fourth-order valence-corrected chi connectivity index (χ4v) is 5.29. The van der Waals surface area contributed by atoms with Crippen LogP contribution in [0.3, 0.4) is 0 Å². The lowest BCUT2D eigenvalue weighted by atomic mass is 10.2. The van der Waals surface area contributed by atoms with Crippen molar-refractivity contribution in [3.63, 3.8) is 0 Å². The predicted octanol–water partition coefficient (Wildman–Crippen LogP) is 3.43. The van der Waals surface area contributed by atoms with Gasteiger partial charge in [-0.1, -0.05) is 27.1 Å². The first-order valence-corrected chi connectivity index (χ1v) is 11.3. The first kappa shape index (κ1) is 20.6. The van der Waals surface area contributed by atoms with Gasteiger partial charge in [0.1, 0.15) is 11.9 Å². The first-order valence-electron chi connectivity index (χ1n) is 9.02. The molecule has 1 aliphatic rings. The Kier molecular flexibility index (Phi) is 5.67. The standard InChI is InChI=1S/C19H16BrFN4O4S/c20-13-4-1-3-12(11-13)18-23-24-19(29-18)22-17(26)16-5-2-10-25(16)30(27,28)15-8-6-14(21)7-9-15/h1,3-4,6-9,11,16H,2,5,10H2,(H,22,24,26). The van der Waals surface area contributed by atoms with E-state index in [0.29, 0.717) is 18.4 Å². The van der Waals surface area contributed by atoms with E-state index < -0.39 is 27.8 Å². The third-order valence-corrected chi connectivity index (χ3v) is 7.07. The van der Waals surface area contributed by atoms with Crippen molar-refractivity contribution in [1.29, 1.82) is 0 Å². The van der Waals surface area contributed by atoms with E-state index in [1.807, 2.05) is 6.07 Å². The van der Waals surface area contributed by atoms with Crippen molar-refractivity contribution in [2.75, 3.05) is 11.9 Å². The summed E-state index contributed by atoms with van der Waals surface area (Å²) in [7, 11) is -3.95. The molecule has 2 aromatic carbocycles. The molecule has 8 nitrogen and oxygen atoms in total. The molecule has 30 heavy (non-hydrogen) atoms. The SMILES string of the molecule is O=C(Nc1nnc(-c2cccc(Br)c2)o1)C1CCCN1S(=O)(=O)c1ccc(F)cc1. The number of benzene rings is 2. The van der Waals surface area contributed by atoms with Gasteiger partial charge in [0.05, 0.1) is 4.90 Å². The Balaban J connectivity index is 1.51. The van der Waals surface area contributed by atoms with Crippen LogP contribution in [0.2, 0.25) is 0 Å². The maximum atomic E-state index is 13.1. The molecule has 1 atom stereocenters. The molecule has 1 aromatic heterocycles. The smallest absolute Gasteiger partial charge is 0.322 e. The van der Waals surface area contributed by atoms with Crippen molar-refractivity contribution in [3.8, 4) is 11.5 Å². The number of anilines is 1. The number of sulfonamides is 1. The molecule has 0 radical (unpaired) electrons. The number of hydrogen-bond acceptors (Lipinski definition) is 6. The maximum Gasteiger partial charge on any atom is 0.322 e. The summed E-state index contributed by atoms with van der Waals surface area (Å²) in [6.45, 7) is 0.185. The van der Waals surface area contributed by atoms with Gasteiger partial charge in [-0.2, -0.15) is 4.31 Å². The summed E-state index contributed by atoms with van der Waals surface area (Å²) in [4.78, 5) is 12.7. The van der Waals surface area contributed by atoms with Gasteiger partial charge in [0.15, 0.2) is 0 Å². The molecule has 1 saturated heterocycles. The molecule has 0 bridgehead atoms. The second kappa shape index (κ2) is 8.25. The van der Waals surface area contributed by atoms with E-state index in [-0.39, 0.29) is 23.3 Å². The number of rotatable bonds is 5. The lowest BCUT2D eigenvalue weighted by molar-refractivity contribution is -0.119. The zero-order chi connectivity index (χ0) is 21.3. The molecule has 11 heteroatoms. The van der Waals surface area contributed by atoms with Gasteiger partial charge in [0, 0.05) is 16.6 Å². The fourth-order valence-electron chi connectivity index (χ4n) is 3.23. The number of nitrogens with zero attached hydrogens (tertiary/aromatic N) is 3. The molecule has 1 amide bonds. The Morgan fingerprint density at radius 2 is 1.97 bits per heavy atom. The minimum Gasteiger partial charge on any atom is -0.403 e. The van der Waals surface area contributed by atoms with E-state index in [1.54, 1.807) is 18.2 Å². The van der Waals surface area contributed by atoms with Crippen LogP contribution in [-0.4, -0.2) is 41.4 Å². The summed E-state index contributed by atoms with van der Waals surface area (Å²) in [5, 5.41) is 10.2. The number of aromatic nitrogens is 2. The molecular formula is C19H16BrFN4O4S. The van der Waals surface area contributed by atoms with Gasteiger partial charge >= 0.3 is 6.01 Å². The van der Waals surface area contributed by atoms with Crippen LogP contribution in [0.4, 0.5) is 10.4 Å². The number of amides is 1. The molecule has 156 valence electrons. The Hall–Kier alpha value is -2.63. The van der Waals surface area contributed by atoms with E-state index in [2.05, 4.69) is 31.4 Å². The van der Waals surface area contributed by atoms with Gasteiger partial charge in [-0.15, -0.1) is 5.10 Å². The lowest BCUT2D eigenvalue weighted by Gasteiger charge is -2.22. The largest absolute Gasteiger partial charge is 0.403 e. The first-order chi connectivity index (χ1) is 14.3. The van der Waals surface area contributed by atoms with E-state index in [1.165, 1.54) is 12.1 Å². The van der Waals surface area contributed by atoms with Crippen molar-refractivity contribution < 1.29 is 22.0 Å². The monoisotopic (exact) mass is 494 g/mol. The van der Waals surface area contributed by atoms with E-state index in [9.17, 15) is 17.6 Å². The molecule has 3 aromatic rings. The van der Waals surface area contributed by atoms with Crippen LogP contribution in [-0.2, 0) is 14.8 Å². The number of nitrogens with one attached hydrogen (secondary N) is 1. The summed E-state index contributed by atoms with van der Waals surface area (Å²) in [6.07, 6.45) is 0.866. The van der Waals surface area contributed by atoms with Crippen molar-refractivity contribution in [1.82, 2.24) is 14.5 Å². The highest BCUT2D eigenvalue weighted by Gasteiger charge is 2.39. The van der Waals surface area contributed by atoms with Crippen LogP contribution in [0.15, 0.2) is 62.3 Å². The molecular weight excluding hydrogens is 479 g/mol. The van der Waals surface area contributed by atoms with Crippen LogP contribution in [0, 0.1) is 5.82 Å². The third kappa shape index (κ3) is 4.13. The van der Waals surface area contributed by atoms with Crippen LogP contribution >= 0.6 is 15.9 Å². The summed E-state index contributed by atoms with van der Waals surface area (Å²) in [5.74, 6) is -0.890. The van der Waals surface area contributed by atoms with Gasteiger partial charge in [-0.3, -0.25) is 10.1 Å². The second-order valence-electron chi connectivity index (χ2n) is 6.64. The van der Waals surface area contributed by atoms with Crippen LogP contribution in [0.1, 0.15) is 12.8 Å². The molecule has 1 aliphatic heterocycles. The summed E-state index contributed by atoms with van der Waals surface area (Å²) >= 11 is 3.36. The average Bonchev–Trinajstić information content (AvgIpc) is 3.38. The molecule has 0 aliphatic carbocycles. The Labute approximate surface area is 180 Å². The topological polar surface area (TPSA) is 105 Å². The van der Waals surface area contributed by atoms with Crippen molar-refractivity contribution in [2.45, 2.75) is 23.8 Å². The predicted molar refractivity (Wildman–Crippen MR) is 109 cm³/mol. The summed E-state index contributed by atoms with van der Waals surface area (Å²) in [5.41, 5.74) is 0.666. The van der Waals surface area contributed by atoms with Gasteiger partial charge in [-0.05, 0) is 55.3 Å². The highest BCUT2D eigenvalue weighted by atomic mass is 79.9. The molecule has 2 heterocycles. The van der Waals surface area contributed by atoms with Crippen molar-refractivity contribution >= 4 is 37.9 Å². The van der Waals surface area contributed by atoms with E-state index in [0.717, 1.165) is 20.9 Å². The molecule has 4 rings (SSSR count). The van der Waals surface area contributed by atoms with Gasteiger partial charge in [0.2, 0.25) is 21.8 Å². The summed E-state index contributed by atoms with van der Waals surface area (Å²) < 4.78 is 46.4. The van der Waals surface area contributed by atoms with Crippen LogP contribution in [0.25, 0.3) is 11.5 Å². The average molecular weight is 495 g/mol. The Morgan fingerprint density at radius 1 is 1.20 bits per heavy atom. The van der Waals surface area contributed by atoms with Crippen molar-refractivity contribution in [3.05, 3.63) is 58.8 Å². The fraction of sp³-hybridized carbons (Fsp3) is 0.211. The van der Waals surface area contributed by atoms with Gasteiger partial charge < -0.3 is 4.42 Å². The molecule has 0 saturated carbocycles. The minimum atomic E-state index is -3.95. The highest BCUT2D eigenvalue weighted by molar-refractivity contribution is 9.10. The quantitative estimate of drug-likeness (QED) is 0.582. The summed E-state index contributed by atoms with van der Waals surface area (Å²) in [6, 6.07) is 10.7. The molecule has 1 N–H and O–H groups in total. The molecule has 1 unspecified atom stereocenters. The lowest BCUT2D eigenvalue weighted by Crippen LogP contribution is -2.43. The minimum absolute atomic E-state index is 0.0710. The molecule has 0 spiro atoms. The third-order valence-electron chi connectivity index (χ3n) is 4.65. The maximum absolute atomic E-state index is 13.1. The van der Waals surface area contributed by atoms with Crippen LogP contribution < -0.4 is 5.32 Å². The zero-order valence-corrected chi connectivity index (χ0v) is 17.9. The van der Waals surface area contributed by atoms with Crippen molar-refractivity contribution in [2.24, 2.45) is 0 Å². The number of carbonyl (C=O) groups is 1. The second-order valence-corrected chi connectivity index (χ2v) is 9.45. The highest BCUT2D eigenvalue weighted by Crippen LogP contribution is 2.28. The Morgan fingerprint density at radius 3 is 2.70 bits per heavy atom. The van der Waals surface area contributed by atoms with E-state index >= 15 is 0 Å². The zero-order valence-electron chi connectivity index (χ0n) is 15.5. The molecule has 1 fully saturated rings. The number of hydrogen-bond donors (Lipinski definition) is 1. The van der Waals surface area contributed by atoms with Gasteiger partial charge in [-0.25, -0.2) is 12.8 Å². The number of halogens is 2. The number of carbonyl (C=O) groups excluding carboxylic acids is 1. The van der Waals surface area contributed by atoms with Crippen LogP contribution in [0.5, 0.6) is 0 Å². The normalized spacial score (nSPS) is 17.2. The van der Waals surface area contributed by atoms with Gasteiger partial charge in [0.25, 0.3) is 0 Å².